The molecule has 1 heterocycles. The van der Waals surface area contributed by atoms with Crippen LogP contribution in [0.2, 0.25) is 0 Å². The Labute approximate surface area is 112 Å². The van der Waals surface area contributed by atoms with Crippen molar-refractivity contribution in [2.45, 2.75) is 31.0 Å². The molecular formula is C13H13F5NO. The summed E-state index contributed by atoms with van der Waals surface area (Å²) >= 11 is 0. The summed E-state index contributed by atoms with van der Waals surface area (Å²) in [5.41, 5.74) is -1.11. The third-order valence-corrected chi connectivity index (χ3v) is 3.07. The van der Waals surface area contributed by atoms with Gasteiger partial charge in [0, 0.05) is 18.7 Å². The van der Waals surface area contributed by atoms with Crippen molar-refractivity contribution in [2.75, 3.05) is 13.1 Å². The van der Waals surface area contributed by atoms with Crippen LogP contribution in [0.1, 0.15) is 18.4 Å². The van der Waals surface area contributed by atoms with Gasteiger partial charge in [0.15, 0.2) is 0 Å². The molecule has 1 aliphatic rings. The van der Waals surface area contributed by atoms with E-state index in [1.807, 2.05) is 0 Å². The molecule has 0 spiro atoms. The SMILES string of the molecule is FC(F)(F)C(F)(F)c1cccc(OC2CC[N]CC2)c1. The quantitative estimate of drug-likeness (QED) is 0.783. The molecule has 111 valence electrons. The Hall–Kier alpha value is -1.37. The number of benzene rings is 1. The summed E-state index contributed by atoms with van der Waals surface area (Å²) in [7, 11) is 0. The topological polar surface area (TPSA) is 23.3 Å². The zero-order valence-corrected chi connectivity index (χ0v) is 10.5. The Morgan fingerprint density at radius 3 is 2.30 bits per heavy atom. The predicted molar refractivity (Wildman–Crippen MR) is 61.9 cm³/mol. The van der Waals surface area contributed by atoms with E-state index in [9.17, 15) is 22.0 Å². The highest BCUT2D eigenvalue weighted by molar-refractivity contribution is 5.32. The monoisotopic (exact) mass is 294 g/mol. The molecule has 7 heteroatoms. The minimum Gasteiger partial charge on any atom is -0.490 e. The molecule has 1 aromatic rings. The summed E-state index contributed by atoms with van der Waals surface area (Å²) in [6.45, 7) is 1.23. The zero-order chi connectivity index (χ0) is 14.8. The summed E-state index contributed by atoms with van der Waals surface area (Å²) < 4.78 is 68.8. The summed E-state index contributed by atoms with van der Waals surface area (Å²) in [5, 5.41) is 4.11. The molecule has 20 heavy (non-hydrogen) atoms. The molecule has 2 rings (SSSR count). The third-order valence-electron chi connectivity index (χ3n) is 3.07. The van der Waals surface area contributed by atoms with Gasteiger partial charge < -0.3 is 4.74 Å². The first-order valence-corrected chi connectivity index (χ1v) is 6.16. The van der Waals surface area contributed by atoms with Gasteiger partial charge in [-0.2, -0.15) is 22.0 Å². The van der Waals surface area contributed by atoms with Gasteiger partial charge in [-0.25, -0.2) is 5.32 Å². The van der Waals surface area contributed by atoms with Crippen molar-refractivity contribution in [3.8, 4) is 5.75 Å². The number of piperidine rings is 1. The normalized spacial score (nSPS) is 18.1. The molecular weight excluding hydrogens is 281 g/mol. The minimum absolute atomic E-state index is 0.0262. The van der Waals surface area contributed by atoms with Crippen LogP contribution in [0.3, 0.4) is 0 Å². The number of halogens is 5. The van der Waals surface area contributed by atoms with Crippen LogP contribution in [0.25, 0.3) is 0 Å². The van der Waals surface area contributed by atoms with E-state index in [4.69, 9.17) is 4.74 Å². The molecule has 1 fully saturated rings. The molecule has 1 aliphatic heterocycles. The molecule has 0 aromatic heterocycles. The van der Waals surface area contributed by atoms with Crippen LogP contribution < -0.4 is 10.1 Å². The van der Waals surface area contributed by atoms with Crippen molar-refractivity contribution < 1.29 is 26.7 Å². The van der Waals surface area contributed by atoms with Crippen molar-refractivity contribution in [3.05, 3.63) is 29.8 Å². The molecule has 0 bridgehead atoms. The van der Waals surface area contributed by atoms with E-state index < -0.39 is 17.7 Å². The van der Waals surface area contributed by atoms with Crippen LogP contribution in [0.5, 0.6) is 5.75 Å². The van der Waals surface area contributed by atoms with Gasteiger partial charge in [-0.05, 0) is 25.0 Å². The second-order valence-electron chi connectivity index (χ2n) is 4.59. The maximum Gasteiger partial charge on any atom is 0.458 e. The number of hydrogen-bond acceptors (Lipinski definition) is 1. The average Bonchev–Trinajstić information content (AvgIpc) is 2.39. The summed E-state index contributed by atoms with van der Waals surface area (Å²) in [6.07, 6.45) is -4.53. The molecule has 1 radical (unpaired) electrons. The van der Waals surface area contributed by atoms with Crippen LogP contribution in [0.4, 0.5) is 22.0 Å². The minimum atomic E-state index is -5.62. The Kier molecular flexibility index (Phi) is 4.17. The lowest BCUT2D eigenvalue weighted by Crippen LogP contribution is -2.34. The van der Waals surface area contributed by atoms with Crippen molar-refractivity contribution in [3.63, 3.8) is 0 Å². The lowest BCUT2D eigenvalue weighted by molar-refractivity contribution is -0.289. The summed E-state index contributed by atoms with van der Waals surface area (Å²) in [4.78, 5) is 0. The number of ether oxygens (including phenoxy) is 1. The highest BCUT2D eigenvalue weighted by Crippen LogP contribution is 2.44. The fourth-order valence-electron chi connectivity index (χ4n) is 1.97. The molecule has 0 amide bonds. The maximum atomic E-state index is 13.2. The molecule has 0 atom stereocenters. The van der Waals surface area contributed by atoms with Gasteiger partial charge in [0.25, 0.3) is 0 Å². The Balaban J connectivity index is 2.15. The Morgan fingerprint density at radius 2 is 1.70 bits per heavy atom. The van der Waals surface area contributed by atoms with E-state index >= 15 is 0 Å². The summed E-state index contributed by atoms with van der Waals surface area (Å²) in [5.74, 6) is -4.85. The highest BCUT2D eigenvalue weighted by atomic mass is 19.4. The lowest BCUT2D eigenvalue weighted by Gasteiger charge is -2.24. The second kappa shape index (κ2) is 5.55. The number of alkyl halides is 5. The highest BCUT2D eigenvalue weighted by Gasteiger charge is 2.58. The largest absolute Gasteiger partial charge is 0.490 e. The van der Waals surface area contributed by atoms with Gasteiger partial charge in [-0.1, -0.05) is 12.1 Å². The van der Waals surface area contributed by atoms with E-state index in [-0.39, 0.29) is 11.9 Å². The van der Waals surface area contributed by atoms with Crippen molar-refractivity contribution in [2.24, 2.45) is 0 Å². The first kappa shape index (κ1) is 15.0. The zero-order valence-electron chi connectivity index (χ0n) is 10.5. The Bertz CT molecular complexity index is 454. The fourth-order valence-corrected chi connectivity index (χ4v) is 1.97. The molecule has 2 nitrogen and oxygen atoms in total. The molecule has 0 unspecified atom stereocenters. The lowest BCUT2D eigenvalue weighted by atomic mass is 10.1. The number of rotatable bonds is 3. The van der Waals surface area contributed by atoms with Crippen LogP contribution in [-0.4, -0.2) is 25.4 Å². The van der Waals surface area contributed by atoms with Crippen LogP contribution in [0.15, 0.2) is 24.3 Å². The van der Waals surface area contributed by atoms with E-state index in [0.717, 1.165) is 18.2 Å². The third kappa shape index (κ3) is 3.20. The summed E-state index contributed by atoms with van der Waals surface area (Å²) in [6, 6.07) is 4.01. The van der Waals surface area contributed by atoms with E-state index in [2.05, 4.69) is 5.32 Å². The first-order valence-electron chi connectivity index (χ1n) is 6.16. The maximum absolute atomic E-state index is 13.2. The van der Waals surface area contributed by atoms with Crippen LogP contribution >= 0.6 is 0 Å². The van der Waals surface area contributed by atoms with E-state index in [1.54, 1.807) is 0 Å². The van der Waals surface area contributed by atoms with E-state index in [0.29, 0.717) is 25.9 Å². The predicted octanol–water partition coefficient (Wildman–Crippen LogP) is 3.49. The first-order chi connectivity index (χ1) is 9.30. The molecule has 1 aromatic carbocycles. The van der Waals surface area contributed by atoms with Gasteiger partial charge >= 0.3 is 12.1 Å². The molecule has 0 saturated carbocycles. The molecule has 0 aliphatic carbocycles. The number of hydrogen-bond donors (Lipinski definition) is 0. The van der Waals surface area contributed by atoms with Crippen molar-refractivity contribution in [1.82, 2.24) is 5.32 Å². The van der Waals surface area contributed by atoms with Crippen LogP contribution in [0, 0.1) is 0 Å². The smallest absolute Gasteiger partial charge is 0.458 e. The van der Waals surface area contributed by atoms with Crippen molar-refractivity contribution >= 4 is 0 Å². The van der Waals surface area contributed by atoms with Gasteiger partial charge in [0.1, 0.15) is 11.9 Å². The molecule has 0 N–H and O–H groups in total. The van der Waals surface area contributed by atoms with E-state index in [1.165, 1.54) is 6.07 Å². The van der Waals surface area contributed by atoms with Gasteiger partial charge in [0.2, 0.25) is 0 Å². The average molecular weight is 294 g/mol. The number of nitrogens with zero attached hydrogens (tertiary/aromatic N) is 1. The fraction of sp³-hybridized carbons (Fsp3) is 0.538. The Morgan fingerprint density at radius 1 is 1.05 bits per heavy atom. The van der Waals surface area contributed by atoms with Crippen molar-refractivity contribution in [1.29, 1.82) is 0 Å². The second-order valence-corrected chi connectivity index (χ2v) is 4.59. The van der Waals surface area contributed by atoms with Crippen LogP contribution in [-0.2, 0) is 5.92 Å². The van der Waals surface area contributed by atoms with Gasteiger partial charge in [-0.15, -0.1) is 0 Å². The van der Waals surface area contributed by atoms with Gasteiger partial charge in [-0.3, -0.25) is 0 Å². The molecule has 1 saturated heterocycles. The van der Waals surface area contributed by atoms with Gasteiger partial charge in [0.05, 0.1) is 0 Å². The standard InChI is InChI=1S/C13H13F5NO/c14-12(15,13(16,17)18)9-2-1-3-11(8-9)20-10-4-6-19-7-5-10/h1-3,8,10H,4-7H2.